The second-order valence-corrected chi connectivity index (χ2v) is 5.43. The van der Waals surface area contributed by atoms with Gasteiger partial charge in [-0.3, -0.25) is 4.98 Å². The number of nitrogens with zero attached hydrogens (tertiary/aromatic N) is 1. The van der Waals surface area contributed by atoms with Gasteiger partial charge in [0, 0.05) is 11.8 Å². The largest absolute Gasteiger partial charge is 0.255 e. The Morgan fingerprint density at radius 2 is 1.33 bits per heavy atom. The fourth-order valence-electron chi connectivity index (χ4n) is 2.84. The van der Waals surface area contributed by atoms with E-state index in [1.807, 2.05) is 12.1 Å². The van der Waals surface area contributed by atoms with Gasteiger partial charge in [0.1, 0.15) is 0 Å². The molecule has 4 rings (SSSR count). The van der Waals surface area contributed by atoms with Crippen molar-refractivity contribution in [2.75, 3.05) is 0 Å². The van der Waals surface area contributed by atoms with Crippen LogP contribution in [0.2, 0.25) is 5.02 Å². The van der Waals surface area contributed by atoms with Crippen molar-refractivity contribution >= 4 is 33.1 Å². The van der Waals surface area contributed by atoms with Crippen LogP contribution < -0.4 is 0 Å². The molecule has 0 aliphatic rings. The maximum atomic E-state index is 6.40. The molecule has 0 atom stereocenters. The van der Waals surface area contributed by atoms with E-state index in [0.717, 1.165) is 11.3 Å². The number of halogens is 1. The summed E-state index contributed by atoms with van der Waals surface area (Å²) in [5, 5.41) is 5.44. The highest BCUT2D eigenvalue weighted by atomic mass is 35.5. The summed E-state index contributed by atoms with van der Waals surface area (Å²) in [7, 11) is 0. The number of benzene rings is 3. The van der Waals surface area contributed by atoms with Crippen LogP contribution >= 0.6 is 11.6 Å². The van der Waals surface area contributed by atoms with E-state index < -0.39 is 0 Å². The van der Waals surface area contributed by atoms with Crippen molar-refractivity contribution in [2.45, 2.75) is 0 Å². The van der Waals surface area contributed by atoms with Crippen molar-refractivity contribution in [3.8, 4) is 11.3 Å². The minimum Gasteiger partial charge on any atom is -0.255 e. The number of hydrogen-bond acceptors (Lipinski definition) is 1. The first kappa shape index (κ1) is 12.4. The molecule has 0 fully saturated rings. The Hall–Kier alpha value is -2.38. The molecule has 1 heterocycles. The molecular weight excluding hydrogens is 278 g/mol. The Kier molecular flexibility index (Phi) is 2.87. The van der Waals surface area contributed by atoms with Gasteiger partial charge in [-0.05, 0) is 39.7 Å². The zero-order valence-electron chi connectivity index (χ0n) is 11.3. The molecule has 1 aromatic heterocycles. The van der Waals surface area contributed by atoms with E-state index in [9.17, 15) is 0 Å². The van der Waals surface area contributed by atoms with Crippen molar-refractivity contribution in [3.05, 3.63) is 77.9 Å². The molecule has 4 aromatic rings. The Morgan fingerprint density at radius 1 is 0.714 bits per heavy atom. The first-order valence-corrected chi connectivity index (χ1v) is 7.24. The van der Waals surface area contributed by atoms with Crippen LogP contribution in [0.3, 0.4) is 0 Å². The number of rotatable bonds is 1. The summed E-state index contributed by atoms with van der Waals surface area (Å²) >= 11 is 6.40. The third kappa shape index (κ3) is 1.98. The van der Waals surface area contributed by atoms with Crippen LogP contribution in [0, 0.1) is 0 Å². The molecule has 0 unspecified atom stereocenters. The molecule has 0 saturated carbocycles. The van der Waals surface area contributed by atoms with Gasteiger partial charge in [-0.1, -0.05) is 60.1 Å². The molecule has 21 heavy (non-hydrogen) atoms. The smallest absolute Gasteiger partial charge is 0.0900 e. The zero-order chi connectivity index (χ0) is 14.2. The monoisotopic (exact) mass is 289 g/mol. The fraction of sp³-hybridized carbons (Fsp3) is 0. The summed E-state index contributed by atoms with van der Waals surface area (Å²) in [6.45, 7) is 0. The predicted molar refractivity (Wildman–Crippen MR) is 89.7 cm³/mol. The molecular formula is C19H12ClN. The Morgan fingerprint density at radius 3 is 1.95 bits per heavy atom. The van der Waals surface area contributed by atoms with Gasteiger partial charge in [0.2, 0.25) is 0 Å². The Labute approximate surface area is 127 Å². The number of pyridine rings is 1. The topological polar surface area (TPSA) is 12.9 Å². The van der Waals surface area contributed by atoms with Gasteiger partial charge in [0.25, 0.3) is 0 Å². The highest BCUT2D eigenvalue weighted by Gasteiger charge is 2.12. The average Bonchev–Trinajstić information content (AvgIpc) is 2.53. The molecule has 100 valence electrons. The van der Waals surface area contributed by atoms with Gasteiger partial charge < -0.3 is 0 Å². The first-order chi connectivity index (χ1) is 10.3. The van der Waals surface area contributed by atoms with E-state index in [1.165, 1.54) is 21.5 Å². The minimum absolute atomic E-state index is 0.680. The molecule has 1 nitrogen and oxygen atoms in total. The molecule has 0 aliphatic heterocycles. The van der Waals surface area contributed by atoms with Crippen LogP contribution in [-0.2, 0) is 0 Å². The van der Waals surface area contributed by atoms with Gasteiger partial charge in [-0.15, -0.1) is 0 Å². The minimum atomic E-state index is 0.680. The van der Waals surface area contributed by atoms with Gasteiger partial charge in [0.15, 0.2) is 0 Å². The van der Waals surface area contributed by atoms with Gasteiger partial charge in [0.05, 0.1) is 10.7 Å². The van der Waals surface area contributed by atoms with Crippen molar-refractivity contribution in [1.29, 1.82) is 0 Å². The van der Waals surface area contributed by atoms with Crippen molar-refractivity contribution < 1.29 is 0 Å². The van der Waals surface area contributed by atoms with Crippen LogP contribution in [-0.4, -0.2) is 4.98 Å². The third-order valence-electron chi connectivity index (χ3n) is 3.77. The average molecular weight is 290 g/mol. The van der Waals surface area contributed by atoms with Crippen LogP contribution in [0.5, 0.6) is 0 Å². The lowest BCUT2D eigenvalue weighted by Gasteiger charge is -2.12. The van der Waals surface area contributed by atoms with E-state index in [1.54, 1.807) is 6.20 Å². The molecule has 0 amide bonds. The van der Waals surface area contributed by atoms with Crippen molar-refractivity contribution in [2.24, 2.45) is 0 Å². The van der Waals surface area contributed by atoms with Gasteiger partial charge in [-0.2, -0.15) is 0 Å². The van der Waals surface area contributed by atoms with E-state index >= 15 is 0 Å². The molecule has 0 spiro atoms. The highest BCUT2D eigenvalue weighted by Crippen LogP contribution is 2.37. The Balaban J connectivity index is 2.25. The van der Waals surface area contributed by atoms with Crippen molar-refractivity contribution in [3.63, 3.8) is 0 Å². The highest BCUT2D eigenvalue weighted by molar-refractivity contribution is 6.34. The normalized spacial score (nSPS) is 11.1. The molecule has 0 bridgehead atoms. The second-order valence-electron chi connectivity index (χ2n) is 5.03. The van der Waals surface area contributed by atoms with E-state index in [-0.39, 0.29) is 0 Å². The summed E-state index contributed by atoms with van der Waals surface area (Å²) in [5.41, 5.74) is 1.95. The lowest BCUT2D eigenvalue weighted by Crippen LogP contribution is -1.89. The van der Waals surface area contributed by atoms with Gasteiger partial charge in [-0.25, -0.2) is 0 Å². The first-order valence-electron chi connectivity index (χ1n) is 6.86. The van der Waals surface area contributed by atoms with E-state index in [2.05, 4.69) is 59.6 Å². The maximum Gasteiger partial charge on any atom is 0.0900 e. The molecule has 0 saturated heterocycles. The van der Waals surface area contributed by atoms with Crippen LogP contribution in [0.15, 0.2) is 72.9 Å². The predicted octanol–water partition coefficient (Wildman–Crippen LogP) is 5.71. The van der Waals surface area contributed by atoms with Crippen LogP contribution in [0.25, 0.3) is 32.8 Å². The molecule has 3 aromatic carbocycles. The van der Waals surface area contributed by atoms with E-state index in [4.69, 9.17) is 11.6 Å². The lowest BCUT2D eigenvalue weighted by atomic mass is 9.94. The Bertz CT molecular complexity index is 906. The third-order valence-corrected chi connectivity index (χ3v) is 4.07. The molecule has 2 heteroatoms. The number of fused-ring (bicyclic) bond motifs is 2. The van der Waals surface area contributed by atoms with Crippen LogP contribution in [0.4, 0.5) is 0 Å². The summed E-state index contributed by atoms with van der Waals surface area (Å²) in [6.07, 6.45) is 1.79. The van der Waals surface area contributed by atoms with Gasteiger partial charge >= 0.3 is 0 Å². The number of aromatic nitrogens is 1. The summed E-state index contributed by atoms with van der Waals surface area (Å²) in [6, 6.07) is 22.7. The number of hydrogen-bond donors (Lipinski definition) is 0. The quantitative estimate of drug-likeness (QED) is 0.409. The summed E-state index contributed by atoms with van der Waals surface area (Å²) in [4.78, 5) is 4.52. The standard InChI is InChI=1S/C19H12ClN/c20-17-10-5-11-21-19(17)18-15-8-3-1-6-13(15)12-14-7-2-4-9-16(14)18/h1-12H. The lowest BCUT2D eigenvalue weighted by molar-refractivity contribution is 1.34. The molecule has 0 N–H and O–H groups in total. The summed E-state index contributed by atoms with van der Waals surface area (Å²) in [5.74, 6) is 0. The summed E-state index contributed by atoms with van der Waals surface area (Å²) < 4.78 is 0. The fourth-order valence-corrected chi connectivity index (χ4v) is 3.05. The van der Waals surface area contributed by atoms with Crippen LogP contribution in [0.1, 0.15) is 0 Å². The SMILES string of the molecule is Clc1cccnc1-c1c2ccccc2cc2ccccc12. The zero-order valence-corrected chi connectivity index (χ0v) is 12.0. The second kappa shape index (κ2) is 4.87. The molecule has 0 aliphatic carbocycles. The van der Waals surface area contributed by atoms with Crippen molar-refractivity contribution in [1.82, 2.24) is 4.98 Å². The van der Waals surface area contributed by atoms with E-state index in [0.29, 0.717) is 5.02 Å². The molecule has 0 radical (unpaired) electrons. The maximum absolute atomic E-state index is 6.40.